The molecule has 1 heterocycles. The predicted octanol–water partition coefficient (Wildman–Crippen LogP) is 3.68. The van der Waals surface area contributed by atoms with Gasteiger partial charge in [0.25, 0.3) is 5.91 Å². The number of nitrogens with one attached hydrogen (secondary N) is 1. The fourth-order valence-electron chi connectivity index (χ4n) is 3.30. The van der Waals surface area contributed by atoms with Gasteiger partial charge >= 0.3 is 0 Å². The van der Waals surface area contributed by atoms with Gasteiger partial charge in [0, 0.05) is 38.8 Å². The van der Waals surface area contributed by atoms with E-state index in [1.165, 1.54) is 6.42 Å². The lowest BCUT2D eigenvalue weighted by molar-refractivity contribution is 0.0724. The number of unbranched alkanes of at least 4 members (excludes halogenated alkanes) is 1. The fourth-order valence-corrected chi connectivity index (χ4v) is 3.30. The van der Waals surface area contributed by atoms with Gasteiger partial charge in [0.2, 0.25) is 0 Å². The Bertz CT molecular complexity index is 635. The Morgan fingerprint density at radius 1 is 1.33 bits per heavy atom. The first-order valence-corrected chi connectivity index (χ1v) is 10.1. The van der Waals surface area contributed by atoms with Crippen LogP contribution >= 0.6 is 0 Å². The minimum Gasteiger partial charge on any atom is -0.357 e. The highest BCUT2D eigenvalue weighted by molar-refractivity contribution is 5.94. The second-order valence-electron chi connectivity index (χ2n) is 7.08. The zero-order chi connectivity index (χ0) is 19.5. The van der Waals surface area contributed by atoms with Crippen LogP contribution in [0.5, 0.6) is 0 Å². The summed E-state index contributed by atoms with van der Waals surface area (Å²) in [4.78, 5) is 21.6. The van der Waals surface area contributed by atoms with Crippen LogP contribution in [0, 0.1) is 0 Å². The average molecular weight is 371 g/mol. The molecule has 0 spiro atoms. The Kier molecular flexibility index (Phi) is 8.89. The molecule has 0 aromatic heterocycles. The van der Waals surface area contributed by atoms with Gasteiger partial charge in [0.1, 0.15) is 0 Å². The van der Waals surface area contributed by atoms with Crippen molar-refractivity contribution in [3.05, 3.63) is 48.0 Å². The Balaban J connectivity index is 2.02. The van der Waals surface area contributed by atoms with Crippen LogP contribution in [0.4, 0.5) is 0 Å². The highest BCUT2D eigenvalue weighted by atomic mass is 16.2. The molecule has 1 saturated heterocycles. The van der Waals surface area contributed by atoms with Gasteiger partial charge in [-0.3, -0.25) is 4.79 Å². The van der Waals surface area contributed by atoms with Crippen LogP contribution in [0.15, 0.2) is 41.9 Å². The number of aliphatic imine (C=N–C) groups is 1. The minimum absolute atomic E-state index is 0.147. The van der Waals surface area contributed by atoms with Gasteiger partial charge in [-0.1, -0.05) is 18.2 Å². The lowest BCUT2D eigenvalue weighted by Gasteiger charge is -2.26. The number of rotatable bonds is 8. The second-order valence-corrected chi connectivity index (χ2v) is 7.08. The van der Waals surface area contributed by atoms with E-state index >= 15 is 0 Å². The number of carbonyl (C=O) groups excluding carboxylic acids is 1. The SMILES string of the molecule is C=CCCCN(C)C(=NCc1cccc(C(=O)N2CCCCC2)c1)NCC. The first-order chi connectivity index (χ1) is 13.2. The highest BCUT2D eigenvalue weighted by Crippen LogP contribution is 2.15. The number of likely N-dealkylation sites (tertiary alicyclic amines) is 1. The fraction of sp³-hybridized carbons (Fsp3) is 0.545. The van der Waals surface area contributed by atoms with E-state index in [9.17, 15) is 4.79 Å². The highest BCUT2D eigenvalue weighted by Gasteiger charge is 2.18. The van der Waals surface area contributed by atoms with Crippen LogP contribution in [0.2, 0.25) is 0 Å². The second kappa shape index (κ2) is 11.4. The number of hydrogen-bond acceptors (Lipinski definition) is 2. The van der Waals surface area contributed by atoms with Crippen LogP contribution in [-0.4, -0.2) is 54.9 Å². The summed E-state index contributed by atoms with van der Waals surface area (Å²) in [5.41, 5.74) is 1.83. The van der Waals surface area contributed by atoms with Crippen molar-refractivity contribution in [3.8, 4) is 0 Å². The molecule has 0 atom stereocenters. The standard InChI is InChI=1S/C22H34N4O/c1-4-6-8-14-25(3)22(23-5-2)24-18-19-12-11-13-20(17-19)21(27)26-15-9-7-10-16-26/h4,11-13,17H,1,5-10,14-16,18H2,2-3H3,(H,23,24). The normalized spacial score (nSPS) is 14.7. The molecule has 1 aliphatic rings. The van der Waals surface area contributed by atoms with Crippen LogP contribution < -0.4 is 5.32 Å². The molecule has 5 nitrogen and oxygen atoms in total. The molecular formula is C22H34N4O. The van der Waals surface area contributed by atoms with Crippen molar-refractivity contribution in [3.63, 3.8) is 0 Å². The van der Waals surface area contributed by atoms with E-state index in [1.807, 2.05) is 35.2 Å². The number of allylic oxidation sites excluding steroid dienone is 1. The van der Waals surface area contributed by atoms with Crippen LogP contribution in [0.1, 0.15) is 54.9 Å². The van der Waals surface area contributed by atoms with E-state index < -0.39 is 0 Å². The molecule has 0 unspecified atom stereocenters. The van der Waals surface area contributed by atoms with Crippen molar-refractivity contribution in [1.29, 1.82) is 0 Å². The van der Waals surface area contributed by atoms with E-state index in [0.717, 1.165) is 68.9 Å². The molecule has 0 bridgehead atoms. The molecule has 1 aliphatic heterocycles. The zero-order valence-electron chi connectivity index (χ0n) is 16.9. The summed E-state index contributed by atoms with van der Waals surface area (Å²) < 4.78 is 0. The third-order valence-corrected chi connectivity index (χ3v) is 4.83. The van der Waals surface area contributed by atoms with Gasteiger partial charge in [0.15, 0.2) is 5.96 Å². The van der Waals surface area contributed by atoms with E-state index in [-0.39, 0.29) is 5.91 Å². The Labute approximate surface area is 164 Å². The first kappa shape index (κ1) is 21.0. The van der Waals surface area contributed by atoms with Crippen LogP contribution in [-0.2, 0) is 6.54 Å². The van der Waals surface area contributed by atoms with Crippen LogP contribution in [0.3, 0.4) is 0 Å². The molecule has 27 heavy (non-hydrogen) atoms. The molecule has 1 N–H and O–H groups in total. The molecule has 1 aromatic rings. The van der Waals surface area contributed by atoms with Gasteiger partial charge in [-0.25, -0.2) is 4.99 Å². The molecule has 148 valence electrons. The maximum atomic E-state index is 12.7. The van der Waals surface area contributed by atoms with Crippen molar-refractivity contribution < 1.29 is 4.79 Å². The maximum Gasteiger partial charge on any atom is 0.253 e. The van der Waals surface area contributed by atoms with Gasteiger partial charge in [-0.15, -0.1) is 6.58 Å². The smallest absolute Gasteiger partial charge is 0.253 e. The average Bonchev–Trinajstić information content (AvgIpc) is 2.71. The quantitative estimate of drug-likeness (QED) is 0.329. The van der Waals surface area contributed by atoms with Crippen molar-refractivity contribution in [1.82, 2.24) is 15.1 Å². The van der Waals surface area contributed by atoms with Gasteiger partial charge in [-0.05, 0) is 56.7 Å². The Hall–Kier alpha value is -2.30. The minimum atomic E-state index is 0.147. The molecular weight excluding hydrogens is 336 g/mol. The molecule has 0 saturated carbocycles. The summed E-state index contributed by atoms with van der Waals surface area (Å²) in [7, 11) is 2.06. The summed E-state index contributed by atoms with van der Waals surface area (Å²) in [5.74, 6) is 1.04. The lowest BCUT2D eigenvalue weighted by Crippen LogP contribution is -2.39. The molecule has 1 aromatic carbocycles. The number of guanidine groups is 1. The number of hydrogen-bond donors (Lipinski definition) is 1. The van der Waals surface area contributed by atoms with E-state index in [2.05, 4.69) is 30.8 Å². The molecule has 1 amide bonds. The predicted molar refractivity (Wildman–Crippen MR) is 113 cm³/mol. The monoisotopic (exact) mass is 370 g/mol. The van der Waals surface area contributed by atoms with Gasteiger partial charge in [-0.2, -0.15) is 0 Å². The number of carbonyl (C=O) groups is 1. The van der Waals surface area contributed by atoms with Gasteiger partial charge in [0.05, 0.1) is 6.54 Å². The summed E-state index contributed by atoms with van der Waals surface area (Å²) in [5, 5.41) is 3.34. The van der Waals surface area contributed by atoms with E-state index in [0.29, 0.717) is 6.54 Å². The topological polar surface area (TPSA) is 47.9 Å². The van der Waals surface area contributed by atoms with Crippen molar-refractivity contribution in [2.45, 2.75) is 45.6 Å². The number of piperidine rings is 1. The van der Waals surface area contributed by atoms with Crippen molar-refractivity contribution in [2.75, 3.05) is 33.2 Å². The number of amides is 1. The molecule has 5 heteroatoms. The first-order valence-electron chi connectivity index (χ1n) is 10.1. The Morgan fingerprint density at radius 3 is 2.81 bits per heavy atom. The van der Waals surface area contributed by atoms with E-state index in [4.69, 9.17) is 4.99 Å². The van der Waals surface area contributed by atoms with Crippen LogP contribution in [0.25, 0.3) is 0 Å². The van der Waals surface area contributed by atoms with E-state index in [1.54, 1.807) is 0 Å². The third kappa shape index (κ3) is 6.74. The molecule has 0 radical (unpaired) electrons. The lowest BCUT2D eigenvalue weighted by atomic mass is 10.1. The number of nitrogens with zero attached hydrogens (tertiary/aromatic N) is 3. The molecule has 0 aliphatic carbocycles. The summed E-state index contributed by atoms with van der Waals surface area (Å²) in [6, 6.07) is 7.90. The zero-order valence-corrected chi connectivity index (χ0v) is 16.9. The molecule has 2 rings (SSSR count). The Morgan fingerprint density at radius 2 is 2.11 bits per heavy atom. The van der Waals surface area contributed by atoms with Gasteiger partial charge < -0.3 is 15.1 Å². The molecule has 1 fully saturated rings. The summed E-state index contributed by atoms with van der Waals surface area (Å²) in [6.07, 6.45) is 7.46. The van der Waals surface area contributed by atoms with Crippen molar-refractivity contribution >= 4 is 11.9 Å². The summed E-state index contributed by atoms with van der Waals surface area (Å²) >= 11 is 0. The maximum absolute atomic E-state index is 12.7. The summed E-state index contributed by atoms with van der Waals surface area (Å²) in [6.45, 7) is 9.93. The third-order valence-electron chi connectivity index (χ3n) is 4.83. The van der Waals surface area contributed by atoms with Crippen molar-refractivity contribution in [2.24, 2.45) is 4.99 Å². The largest absolute Gasteiger partial charge is 0.357 e. The number of benzene rings is 1.